The van der Waals surface area contributed by atoms with Gasteiger partial charge in [0.2, 0.25) is 0 Å². The monoisotopic (exact) mass is 194 g/mol. The molecule has 0 bridgehead atoms. The second kappa shape index (κ2) is 1.86. The topological polar surface area (TPSA) is 43.4 Å². The molecule has 3 nitrogen and oxygen atoms in total. The predicted octanol–water partition coefficient (Wildman–Crippen LogP) is 0.575. The molecule has 0 atom stereocenters. The fourth-order valence-electron chi connectivity index (χ4n) is 0.492. The molecule has 0 N–H and O–H groups in total. The lowest BCUT2D eigenvalue weighted by molar-refractivity contribution is -0.148. The van der Waals surface area contributed by atoms with Gasteiger partial charge >= 0.3 is 21.3 Å². The zero-order chi connectivity index (χ0) is 8.91. The average Bonchev–Trinajstić information content (AvgIpc) is 1.93. The molecule has 0 aliphatic carbocycles. The van der Waals surface area contributed by atoms with E-state index in [1.807, 2.05) is 0 Å². The highest BCUT2D eigenvalue weighted by atomic mass is 32.2. The summed E-state index contributed by atoms with van der Waals surface area (Å²) in [5, 5.41) is -5.10. The first-order valence-electron chi connectivity index (χ1n) is 2.35. The summed E-state index contributed by atoms with van der Waals surface area (Å²) < 4.78 is 71.3. The van der Waals surface area contributed by atoms with Crippen LogP contribution in [0.3, 0.4) is 0 Å². The van der Waals surface area contributed by atoms with Crippen LogP contribution in [0, 0.1) is 0 Å². The lowest BCUT2D eigenvalue weighted by atomic mass is 10.4. The number of hydrogen-bond acceptors (Lipinski definition) is 3. The highest BCUT2D eigenvalue weighted by molar-refractivity contribution is 7.88. The minimum Gasteiger partial charge on any atom is -0.259 e. The molecular weight excluding hydrogens is 192 g/mol. The van der Waals surface area contributed by atoms with Gasteiger partial charge in [0.05, 0.1) is 0 Å². The lowest BCUT2D eigenvalue weighted by Crippen LogP contribution is -2.40. The lowest BCUT2D eigenvalue weighted by Gasteiger charge is -2.12. The first kappa shape index (κ1) is 8.72. The third-order valence-corrected chi connectivity index (χ3v) is 2.49. The Kier molecular flexibility index (Phi) is 1.48. The molecule has 0 saturated carbocycles. The Morgan fingerprint density at radius 3 is 1.73 bits per heavy atom. The maximum Gasteiger partial charge on any atom is 0.434 e. The zero-order valence-corrected chi connectivity index (χ0v) is 5.67. The molecular formula is C3H2F4O3S. The summed E-state index contributed by atoms with van der Waals surface area (Å²) in [6.45, 7) is -1.79. The zero-order valence-electron chi connectivity index (χ0n) is 4.85. The number of halogens is 4. The molecule has 0 aromatic rings. The van der Waals surface area contributed by atoms with Crippen LogP contribution < -0.4 is 0 Å². The summed E-state index contributed by atoms with van der Waals surface area (Å²) in [6.07, 6.45) is 0. The molecule has 1 fully saturated rings. The molecule has 0 unspecified atom stereocenters. The van der Waals surface area contributed by atoms with Crippen LogP contribution in [-0.2, 0) is 14.3 Å². The van der Waals surface area contributed by atoms with Gasteiger partial charge < -0.3 is 0 Å². The maximum atomic E-state index is 12.0. The number of hydrogen-bond donors (Lipinski definition) is 0. The molecule has 0 spiro atoms. The number of rotatable bonds is 0. The van der Waals surface area contributed by atoms with Gasteiger partial charge in [0.25, 0.3) is 0 Å². The molecule has 1 aliphatic heterocycles. The van der Waals surface area contributed by atoms with Crippen LogP contribution in [0.15, 0.2) is 0 Å². The third-order valence-electron chi connectivity index (χ3n) is 1.14. The van der Waals surface area contributed by atoms with E-state index in [4.69, 9.17) is 0 Å². The minimum atomic E-state index is -5.42. The Morgan fingerprint density at radius 2 is 1.64 bits per heavy atom. The van der Waals surface area contributed by atoms with Crippen LogP contribution >= 0.6 is 0 Å². The van der Waals surface area contributed by atoms with Crippen molar-refractivity contribution in [1.82, 2.24) is 0 Å². The molecule has 66 valence electrons. The highest BCUT2D eigenvalue weighted by Gasteiger charge is 2.72. The van der Waals surface area contributed by atoms with Crippen molar-refractivity contribution in [2.45, 2.75) is 11.2 Å². The van der Waals surface area contributed by atoms with Gasteiger partial charge in [-0.05, 0) is 0 Å². The van der Waals surface area contributed by atoms with Crippen molar-refractivity contribution in [3.05, 3.63) is 0 Å². The molecule has 0 aromatic carbocycles. The Morgan fingerprint density at radius 1 is 1.18 bits per heavy atom. The van der Waals surface area contributed by atoms with Gasteiger partial charge in [0.1, 0.15) is 6.61 Å². The molecule has 1 saturated heterocycles. The molecule has 0 aromatic heterocycles. The Hall–Kier alpha value is -0.370. The van der Waals surface area contributed by atoms with Crippen LogP contribution in [0.25, 0.3) is 0 Å². The number of alkyl halides is 4. The van der Waals surface area contributed by atoms with E-state index in [1.165, 1.54) is 0 Å². The van der Waals surface area contributed by atoms with E-state index >= 15 is 0 Å². The third kappa shape index (κ3) is 0.924. The molecule has 8 heteroatoms. The van der Waals surface area contributed by atoms with Crippen LogP contribution in [0.4, 0.5) is 17.6 Å². The van der Waals surface area contributed by atoms with E-state index in [2.05, 4.69) is 4.18 Å². The smallest absolute Gasteiger partial charge is 0.259 e. The average molecular weight is 194 g/mol. The first-order valence-corrected chi connectivity index (χ1v) is 3.76. The second-order valence-corrected chi connectivity index (χ2v) is 3.59. The fourth-order valence-corrected chi connectivity index (χ4v) is 1.37. The van der Waals surface area contributed by atoms with E-state index in [0.717, 1.165) is 0 Å². The largest absolute Gasteiger partial charge is 0.434 e. The van der Waals surface area contributed by atoms with Crippen LogP contribution in [-0.4, -0.2) is 26.2 Å². The van der Waals surface area contributed by atoms with Gasteiger partial charge in [0.15, 0.2) is 0 Å². The summed E-state index contributed by atoms with van der Waals surface area (Å²) in [5.41, 5.74) is 0. The van der Waals surface area contributed by atoms with E-state index < -0.39 is 27.9 Å². The van der Waals surface area contributed by atoms with Gasteiger partial charge in [-0.15, -0.1) is 0 Å². The van der Waals surface area contributed by atoms with Gasteiger partial charge in [-0.2, -0.15) is 26.0 Å². The van der Waals surface area contributed by atoms with Gasteiger partial charge in [0, 0.05) is 0 Å². The summed E-state index contributed by atoms with van der Waals surface area (Å²) >= 11 is 0. The molecule has 0 radical (unpaired) electrons. The van der Waals surface area contributed by atoms with Crippen molar-refractivity contribution >= 4 is 10.1 Å². The quantitative estimate of drug-likeness (QED) is 0.418. The van der Waals surface area contributed by atoms with Crippen molar-refractivity contribution < 1.29 is 30.2 Å². The molecule has 1 heterocycles. The fraction of sp³-hybridized carbons (Fsp3) is 1.00. The van der Waals surface area contributed by atoms with Gasteiger partial charge in [-0.3, -0.25) is 4.18 Å². The Bertz CT molecular complexity index is 268. The highest BCUT2D eigenvalue weighted by Crippen LogP contribution is 2.45. The standard InChI is InChI=1S/C3H2F4O3S/c4-2(5)1-10-11(8,9)3(2,6)7/h1H2. The Labute approximate surface area is 59.1 Å². The van der Waals surface area contributed by atoms with Crippen molar-refractivity contribution in [3.63, 3.8) is 0 Å². The van der Waals surface area contributed by atoms with E-state index in [9.17, 15) is 26.0 Å². The van der Waals surface area contributed by atoms with Gasteiger partial charge in [-0.25, -0.2) is 0 Å². The van der Waals surface area contributed by atoms with Crippen LogP contribution in [0.1, 0.15) is 0 Å². The van der Waals surface area contributed by atoms with Crippen molar-refractivity contribution in [2.75, 3.05) is 6.61 Å². The van der Waals surface area contributed by atoms with E-state index in [0.29, 0.717) is 0 Å². The second-order valence-electron chi connectivity index (χ2n) is 1.94. The molecule has 11 heavy (non-hydrogen) atoms. The summed E-state index contributed by atoms with van der Waals surface area (Å²) in [7, 11) is -5.42. The van der Waals surface area contributed by atoms with Crippen molar-refractivity contribution in [3.8, 4) is 0 Å². The molecule has 0 amide bonds. The van der Waals surface area contributed by atoms with E-state index in [1.54, 1.807) is 0 Å². The Balaban J connectivity index is 3.21. The van der Waals surface area contributed by atoms with Gasteiger partial charge in [-0.1, -0.05) is 0 Å². The molecule has 1 aliphatic rings. The van der Waals surface area contributed by atoms with Crippen LogP contribution in [0.2, 0.25) is 0 Å². The van der Waals surface area contributed by atoms with Crippen LogP contribution in [0.5, 0.6) is 0 Å². The van der Waals surface area contributed by atoms with Crippen molar-refractivity contribution in [1.29, 1.82) is 0 Å². The minimum absolute atomic E-state index is 1.79. The summed E-state index contributed by atoms with van der Waals surface area (Å²) in [4.78, 5) is 0. The first-order chi connectivity index (χ1) is 4.71. The summed E-state index contributed by atoms with van der Waals surface area (Å²) in [6, 6.07) is 0. The van der Waals surface area contributed by atoms with E-state index in [-0.39, 0.29) is 0 Å². The maximum absolute atomic E-state index is 12.0. The predicted molar refractivity (Wildman–Crippen MR) is 24.8 cm³/mol. The molecule has 1 rings (SSSR count). The SMILES string of the molecule is O=S1(=O)OCC(F)(F)C1(F)F. The van der Waals surface area contributed by atoms with Crippen molar-refractivity contribution in [2.24, 2.45) is 0 Å². The summed E-state index contributed by atoms with van der Waals surface area (Å²) in [5.74, 6) is -4.62. The normalized spacial score (nSPS) is 32.0.